The number of likely N-dealkylation sites (tertiary alicyclic amines) is 1. The van der Waals surface area contributed by atoms with Gasteiger partial charge in [-0.15, -0.1) is 24.8 Å². The Bertz CT molecular complexity index is 197. The van der Waals surface area contributed by atoms with Crippen molar-refractivity contribution in [1.82, 2.24) is 9.80 Å². The maximum atomic E-state index is 11.6. The summed E-state index contributed by atoms with van der Waals surface area (Å²) >= 11 is 0. The number of halogens is 2. The van der Waals surface area contributed by atoms with E-state index >= 15 is 0 Å². The van der Waals surface area contributed by atoms with Crippen molar-refractivity contribution in [3.63, 3.8) is 0 Å². The van der Waals surface area contributed by atoms with Crippen molar-refractivity contribution in [3.8, 4) is 0 Å². The molecule has 0 aromatic carbocycles. The number of nitrogens with two attached hydrogens (primary N) is 1. The predicted octanol–water partition coefficient (Wildman–Crippen LogP) is 0.731. The van der Waals surface area contributed by atoms with E-state index in [1.165, 1.54) is 0 Å². The quantitative estimate of drug-likeness (QED) is 0.824. The summed E-state index contributed by atoms with van der Waals surface area (Å²) in [6, 6.07) is 0.422. The van der Waals surface area contributed by atoms with Crippen molar-refractivity contribution in [3.05, 3.63) is 0 Å². The molecule has 1 aliphatic heterocycles. The van der Waals surface area contributed by atoms with Gasteiger partial charge in [0.2, 0.25) is 5.91 Å². The fraction of sp³-hybridized carbons (Fsp3) is 0.900. The topological polar surface area (TPSA) is 49.6 Å². The molecule has 0 aromatic heterocycles. The third kappa shape index (κ3) is 5.34. The monoisotopic (exact) mass is 271 g/mol. The van der Waals surface area contributed by atoms with E-state index in [4.69, 9.17) is 5.73 Å². The first kappa shape index (κ1) is 18.3. The second kappa shape index (κ2) is 9.05. The molecule has 4 nitrogen and oxygen atoms in total. The summed E-state index contributed by atoms with van der Waals surface area (Å²) in [5.41, 5.74) is 5.36. The van der Waals surface area contributed by atoms with Crippen LogP contribution in [0.15, 0.2) is 0 Å². The van der Waals surface area contributed by atoms with Gasteiger partial charge >= 0.3 is 0 Å². The Hall–Kier alpha value is -0.0300. The number of hydrogen-bond donors (Lipinski definition) is 1. The lowest BCUT2D eigenvalue weighted by atomic mass is 10.0. The number of piperidine rings is 1. The van der Waals surface area contributed by atoms with E-state index in [9.17, 15) is 4.79 Å². The van der Waals surface area contributed by atoms with E-state index in [1.54, 1.807) is 0 Å². The van der Waals surface area contributed by atoms with Crippen LogP contribution in [-0.2, 0) is 4.79 Å². The van der Waals surface area contributed by atoms with Crippen LogP contribution in [0.25, 0.3) is 0 Å². The SMILES string of the molecule is CN1CCC(N(C)C(=O)CCN)CC1.Cl.Cl. The predicted molar refractivity (Wildman–Crippen MR) is 71.5 cm³/mol. The van der Waals surface area contributed by atoms with Crippen LogP contribution in [0.4, 0.5) is 0 Å². The van der Waals surface area contributed by atoms with E-state index in [0.29, 0.717) is 19.0 Å². The first-order valence-electron chi connectivity index (χ1n) is 5.29. The average Bonchev–Trinajstić information content (AvgIpc) is 2.18. The molecule has 16 heavy (non-hydrogen) atoms. The van der Waals surface area contributed by atoms with Gasteiger partial charge in [0.15, 0.2) is 0 Å². The molecule has 1 rings (SSSR count). The maximum Gasteiger partial charge on any atom is 0.223 e. The zero-order valence-electron chi connectivity index (χ0n) is 10.0. The molecule has 1 heterocycles. The molecule has 0 aromatic rings. The number of amides is 1. The van der Waals surface area contributed by atoms with Gasteiger partial charge in [-0.25, -0.2) is 0 Å². The first-order chi connectivity index (χ1) is 6.65. The number of rotatable bonds is 3. The Balaban J connectivity index is 0. The van der Waals surface area contributed by atoms with Crippen molar-refractivity contribution in [1.29, 1.82) is 0 Å². The zero-order chi connectivity index (χ0) is 10.6. The molecule has 0 radical (unpaired) electrons. The summed E-state index contributed by atoms with van der Waals surface area (Å²) in [6.45, 7) is 2.63. The normalized spacial score (nSPS) is 17.2. The standard InChI is InChI=1S/C10H21N3O.2ClH/c1-12-7-4-9(5-8-12)13(2)10(14)3-6-11;;/h9H,3-8,11H2,1-2H3;2*1H. The van der Waals surface area contributed by atoms with Crippen LogP contribution in [0.5, 0.6) is 0 Å². The minimum Gasteiger partial charge on any atom is -0.343 e. The summed E-state index contributed by atoms with van der Waals surface area (Å²) in [7, 11) is 4.02. The number of carbonyl (C=O) groups is 1. The average molecular weight is 272 g/mol. The molecule has 0 bridgehead atoms. The van der Waals surface area contributed by atoms with Crippen LogP contribution in [0.1, 0.15) is 19.3 Å². The summed E-state index contributed by atoms with van der Waals surface area (Å²) in [5.74, 6) is 0.182. The molecule has 1 fully saturated rings. The highest BCUT2D eigenvalue weighted by atomic mass is 35.5. The van der Waals surface area contributed by atoms with E-state index in [-0.39, 0.29) is 30.7 Å². The van der Waals surface area contributed by atoms with E-state index in [1.807, 2.05) is 11.9 Å². The highest BCUT2D eigenvalue weighted by molar-refractivity contribution is 5.85. The van der Waals surface area contributed by atoms with Crippen molar-refractivity contribution < 1.29 is 4.79 Å². The second-order valence-electron chi connectivity index (χ2n) is 4.08. The molecule has 6 heteroatoms. The van der Waals surface area contributed by atoms with E-state index < -0.39 is 0 Å². The lowest BCUT2D eigenvalue weighted by molar-refractivity contribution is -0.132. The first-order valence-corrected chi connectivity index (χ1v) is 5.29. The van der Waals surface area contributed by atoms with Crippen LogP contribution >= 0.6 is 24.8 Å². The van der Waals surface area contributed by atoms with Gasteiger partial charge in [0.25, 0.3) is 0 Å². The van der Waals surface area contributed by atoms with E-state index in [0.717, 1.165) is 25.9 Å². The third-order valence-electron chi connectivity index (χ3n) is 2.99. The fourth-order valence-corrected chi connectivity index (χ4v) is 1.89. The Morgan fingerprint density at radius 1 is 1.38 bits per heavy atom. The van der Waals surface area contributed by atoms with Crippen LogP contribution in [0, 0.1) is 0 Å². The summed E-state index contributed by atoms with van der Waals surface area (Å²) in [4.78, 5) is 15.7. The lowest BCUT2D eigenvalue weighted by Crippen LogP contribution is -2.44. The number of hydrogen-bond acceptors (Lipinski definition) is 3. The van der Waals surface area contributed by atoms with Gasteiger partial charge in [0.1, 0.15) is 0 Å². The van der Waals surface area contributed by atoms with Crippen LogP contribution in [0.2, 0.25) is 0 Å². The van der Waals surface area contributed by atoms with Gasteiger partial charge in [0, 0.05) is 26.1 Å². The minimum absolute atomic E-state index is 0. The highest BCUT2D eigenvalue weighted by Gasteiger charge is 2.23. The summed E-state index contributed by atoms with van der Waals surface area (Å²) in [6.07, 6.45) is 2.65. The largest absolute Gasteiger partial charge is 0.343 e. The maximum absolute atomic E-state index is 11.6. The Labute approximate surface area is 110 Å². The molecule has 0 atom stereocenters. The molecule has 98 valence electrons. The minimum atomic E-state index is 0. The van der Waals surface area contributed by atoms with Crippen molar-refractivity contribution in [2.24, 2.45) is 5.73 Å². The van der Waals surface area contributed by atoms with Crippen molar-refractivity contribution in [2.75, 3.05) is 33.7 Å². The highest BCUT2D eigenvalue weighted by Crippen LogP contribution is 2.14. The van der Waals surface area contributed by atoms with Gasteiger partial charge in [-0.05, 0) is 33.0 Å². The van der Waals surface area contributed by atoms with Gasteiger partial charge < -0.3 is 15.5 Å². The van der Waals surface area contributed by atoms with Gasteiger partial charge in [-0.1, -0.05) is 0 Å². The summed E-state index contributed by atoms with van der Waals surface area (Å²) < 4.78 is 0. The number of carbonyl (C=O) groups excluding carboxylic acids is 1. The summed E-state index contributed by atoms with van der Waals surface area (Å²) in [5, 5.41) is 0. The smallest absolute Gasteiger partial charge is 0.223 e. The molecule has 1 aliphatic rings. The van der Waals surface area contributed by atoms with Crippen molar-refractivity contribution in [2.45, 2.75) is 25.3 Å². The molecule has 0 spiro atoms. The van der Waals surface area contributed by atoms with Crippen LogP contribution in [-0.4, -0.2) is 55.5 Å². The fourth-order valence-electron chi connectivity index (χ4n) is 1.89. The zero-order valence-corrected chi connectivity index (χ0v) is 11.6. The molecular formula is C10H23Cl2N3O. The Morgan fingerprint density at radius 2 is 1.88 bits per heavy atom. The lowest BCUT2D eigenvalue weighted by Gasteiger charge is -2.35. The molecule has 2 N–H and O–H groups in total. The molecule has 1 amide bonds. The molecule has 0 saturated carbocycles. The molecule has 0 unspecified atom stereocenters. The van der Waals surface area contributed by atoms with Crippen molar-refractivity contribution >= 4 is 30.7 Å². The van der Waals surface area contributed by atoms with Gasteiger partial charge in [-0.3, -0.25) is 4.79 Å². The van der Waals surface area contributed by atoms with Crippen LogP contribution in [0.3, 0.4) is 0 Å². The Kier molecular flexibility index (Phi) is 10.4. The number of nitrogens with zero attached hydrogens (tertiary/aromatic N) is 2. The molecule has 1 saturated heterocycles. The van der Waals surface area contributed by atoms with Gasteiger partial charge in [0.05, 0.1) is 0 Å². The second-order valence-corrected chi connectivity index (χ2v) is 4.08. The van der Waals surface area contributed by atoms with Gasteiger partial charge in [-0.2, -0.15) is 0 Å². The Morgan fingerprint density at radius 3 is 2.31 bits per heavy atom. The third-order valence-corrected chi connectivity index (χ3v) is 2.99. The van der Waals surface area contributed by atoms with Crippen LogP contribution < -0.4 is 5.73 Å². The molecular weight excluding hydrogens is 249 g/mol. The molecule has 0 aliphatic carbocycles. The van der Waals surface area contributed by atoms with E-state index in [2.05, 4.69) is 11.9 Å².